The Labute approximate surface area is 129 Å². The SMILES string of the molecule is Cl.O[C@@H]([C@H](O)[C@H](O)CNCCCl)[C@H](O)CNCCCl. The minimum Gasteiger partial charge on any atom is -0.389 e. The summed E-state index contributed by atoms with van der Waals surface area (Å²) in [5.74, 6) is 0.771. The second-order valence-electron chi connectivity index (χ2n) is 3.90. The molecule has 0 amide bonds. The monoisotopic (exact) mass is 340 g/mol. The van der Waals surface area contributed by atoms with Crippen LogP contribution in [-0.4, -0.2) is 82.8 Å². The minimum absolute atomic E-state index is 0. The molecule has 0 aromatic heterocycles. The third-order valence-electron chi connectivity index (χ3n) is 2.39. The summed E-state index contributed by atoms with van der Waals surface area (Å²) in [4.78, 5) is 0. The van der Waals surface area contributed by atoms with Crippen LogP contribution in [0.15, 0.2) is 0 Å². The molecule has 0 aliphatic heterocycles. The molecule has 0 aromatic rings. The number of alkyl halides is 2. The molecule has 118 valence electrons. The number of hydrogen-bond acceptors (Lipinski definition) is 6. The zero-order valence-electron chi connectivity index (χ0n) is 10.5. The molecule has 0 aliphatic carbocycles. The molecule has 4 atom stereocenters. The summed E-state index contributed by atoms with van der Waals surface area (Å²) in [6.07, 6.45) is -5.21. The lowest BCUT2D eigenvalue weighted by molar-refractivity contribution is -0.102. The topological polar surface area (TPSA) is 105 Å². The van der Waals surface area contributed by atoms with Crippen LogP contribution in [0.2, 0.25) is 0 Å². The van der Waals surface area contributed by atoms with Gasteiger partial charge in [0, 0.05) is 37.9 Å². The fourth-order valence-electron chi connectivity index (χ4n) is 1.33. The molecule has 0 aromatic carbocycles. The van der Waals surface area contributed by atoms with E-state index in [4.69, 9.17) is 23.2 Å². The quantitative estimate of drug-likeness (QED) is 0.202. The Hall–Kier alpha value is 0.630. The Bertz CT molecular complexity index is 186. The molecule has 0 bridgehead atoms. The van der Waals surface area contributed by atoms with Crippen LogP contribution in [0.5, 0.6) is 0 Å². The van der Waals surface area contributed by atoms with Crippen LogP contribution in [0.25, 0.3) is 0 Å². The molecule has 0 saturated heterocycles. The maximum atomic E-state index is 9.63. The second kappa shape index (κ2) is 13.6. The lowest BCUT2D eigenvalue weighted by Gasteiger charge is -2.26. The first-order valence-corrected chi connectivity index (χ1v) is 6.87. The highest BCUT2D eigenvalue weighted by Crippen LogP contribution is 2.04. The van der Waals surface area contributed by atoms with E-state index < -0.39 is 24.4 Å². The molecule has 0 radical (unpaired) electrons. The van der Waals surface area contributed by atoms with Crippen LogP contribution in [0.1, 0.15) is 0 Å². The van der Waals surface area contributed by atoms with Crippen molar-refractivity contribution < 1.29 is 20.4 Å². The van der Waals surface area contributed by atoms with Gasteiger partial charge in [0.05, 0.1) is 12.2 Å². The van der Waals surface area contributed by atoms with Crippen LogP contribution in [0.3, 0.4) is 0 Å². The van der Waals surface area contributed by atoms with E-state index in [9.17, 15) is 20.4 Å². The third kappa shape index (κ3) is 10.1. The fourth-order valence-corrected chi connectivity index (χ4v) is 1.60. The van der Waals surface area contributed by atoms with Crippen molar-refractivity contribution >= 4 is 35.6 Å². The summed E-state index contributed by atoms with van der Waals surface area (Å²) < 4.78 is 0. The number of aliphatic hydroxyl groups is 4. The zero-order chi connectivity index (χ0) is 14.0. The summed E-state index contributed by atoms with van der Waals surface area (Å²) in [6, 6.07) is 0. The van der Waals surface area contributed by atoms with Gasteiger partial charge in [-0.25, -0.2) is 0 Å². The van der Waals surface area contributed by atoms with Gasteiger partial charge in [0.2, 0.25) is 0 Å². The Morgan fingerprint density at radius 3 is 1.32 bits per heavy atom. The van der Waals surface area contributed by atoms with Gasteiger partial charge < -0.3 is 31.1 Å². The summed E-state index contributed by atoms with van der Waals surface area (Å²) >= 11 is 10.9. The van der Waals surface area contributed by atoms with Crippen LogP contribution < -0.4 is 10.6 Å². The molecule has 19 heavy (non-hydrogen) atoms. The normalized spacial score (nSPS) is 17.4. The van der Waals surface area contributed by atoms with Crippen molar-refractivity contribution in [1.29, 1.82) is 0 Å². The zero-order valence-corrected chi connectivity index (χ0v) is 12.8. The lowest BCUT2D eigenvalue weighted by atomic mass is 10.0. The number of nitrogens with one attached hydrogen (secondary N) is 2. The van der Waals surface area contributed by atoms with Gasteiger partial charge >= 0.3 is 0 Å². The van der Waals surface area contributed by atoms with Gasteiger partial charge in [0.25, 0.3) is 0 Å². The van der Waals surface area contributed by atoms with Gasteiger partial charge in [-0.1, -0.05) is 0 Å². The van der Waals surface area contributed by atoms with E-state index in [0.29, 0.717) is 24.8 Å². The third-order valence-corrected chi connectivity index (χ3v) is 2.77. The Morgan fingerprint density at radius 1 is 0.737 bits per heavy atom. The van der Waals surface area contributed by atoms with Gasteiger partial charge in [-0.05, 0) is 0 Å². The van der Waals surface area contributed by atoms with E-state index in [0.717, 1.165) is 0 Å². The average Bonchev–Trinajstić information content (AvgIpc) is 2.37. The van der Waals surface area contributed by atoms with Gasteiger partial charge in [-0.2, -0.15) is 0 Å². The minimum atomic E-state index is -1.43. The van der Waals surface area contributed by atoms with E-state index in [-0.39, 0.29) is 25.5 Å². The molecule has 6 nitrogen and oxygen atoms in total. The molecule has 6 N–H and O–H groups in total. The van der Waals surface area contributed by atoms with Crippen LogP contribution in [0, 0.1) is 0 Å². The molecule has 9 heteroatoms. The molecular formula is C10H23Cl3N2O4. The molecule has 0 saturated carbocycles. The van der Waals surface area contributed by atoms with Crippen molar-refractivity contribution in [2.24, 2.45) is 0 Å². The fraction of sp³-hybridized carbons (Fsp3) is 1.00. The van der Waals surface area contributed by atoms with Crippen LogP contribution in [0.4, 0.5) is 0 Å². The summed E-state index contributed by atoms with van der Waals surface area (Å²) in [5.41, 5.74) is 0. The van der Waals surface area contributed by atoms with Gasteiger partial charge in [-0.3, -0.25) is 0 Å². The maximum Gasteiger partial charge on any atom is 0.110 e. The van der Waals surface area contributed by atoms with E-state index in [2.05, 4.69) is 10.6 Å². The van der Waals surface area contributed by atoms with E-state index in [1.54, 1.807) is 0 Å². The molecule has 0 fully saturated rings. The summed E-state index contributed by atoms with van der Waals surface area (Å²) in [5, 5.41) is 44.0. The molecule has 0 rings (SSSR count). The lowest BCUT2D eigenvalue weighted by Crippen LogP contribution is -2.50. The molecule has 0 heterocycles. The van der Waals surface area contributed by atoms with Gasteiger partial charge in [0.1, 0.15) is 12.2 Å². The van der Waals surface area contributed by atoms with Gasteiger partial charge in [-0.15, -0.1) is 35.6 Å². The Balaban J connectivity index is 0. The van der Waals surface area contributed by atoms with Crippen molar-refractivity contribution in [3.8, 4) is 0 Å². The molecule has 0 spiro atoms. The molecule has 0 unspecified atom stereocenters. The highest BCUT2D eigenvalue weighted by molar-refractivity contribution is 6.18. The standard InChI is InChI=1S/C10H22Cl2N2O4.ClH/c11-1-3-13-5-7(15)9(17)10(18)8(16)6-14-4-2-12;/h7-10,13-18H,1-6H2;1H/t7-,8-,9-,10-;/m1./s1. The number of hydrogen-bond donors (Lipinski definition) is 6. The first-order valence-electron chi connectivity index (χ1n) is 5.80. The predicted molar refractivity (Wildman–Crippen MR) is 78.5 cm³/mol. The number of halogens is 3. The van der Waals surface area contributed by atoms with Crippen LogP contribution in [-0.2, 0) is 0 Å². The Morgan fingerprint density at radius 2 is 1.05 bits per heavy atom. The van der Waals surface area contributed by atoms with Crippen molar-refractivity contribution in [1.82, 2.24) is 10.6 Å². The van der Waals surface area contributed by atoms with Crippen molar-refractivity contribution in [2.45, 2.75) is 24.4 Å². The average molecular weight is 342 g/mol. The molecule has 0 aliphatic rings. The number of rotatable bonds is 11. The maximum absolute atomic E-state index is 9.63. The summed E-state index contributed by atoms with van der Waals surface area (Å²) in [6.45, 7) is 1.15. The van der Waals surface area contributed by atoms with Crippen molar-refractivity contribution in [2.75, 3.05) is 37.9 Å². The van der Waals surface area contributed by atoms with Crippen molar-refractivity contribution in [3.05, 3.63) is 0 Å². The van der Waals surface area contributed by atoms with E-state index in [1.807, 2.05) is 0 Å². The smallest absolute Gasteiger partial charge is 0.110 e. The second-order valence-corrected chi connectivity index (χ2v) is 4.66. The first kappa shape index (κ1) is 21.9. The number of aliphatic hydroxyl groups excluding tert-OH is 4. The van der Waals surface area contributed by atoms with E-state index >= 15 is 0 Å². The Kier molecular flexibility index (Phi) is 15.7. The largest absolute Gasteiger partial charge is 0.389 e. The van der Waals surface area contributed by atoms with Gasteiger partial charge in [0.15, 0.2) is 0 Å². The summed E-state index contributed by atoms with van der Waals surface area (Å²) in [7, 11) is 0. The molecular weight excluding hydrogens is 318 g/mol. The van der Waals surface area contributed by atoms with Crippen LogP contribution >= 0.6 is 35.6 Å². The van der Waals surface area contributed by atoms with Crippen molar-refractivity contribution in [3.63, 3.8) is 0 Å². The predicted octanol–water partition coefficient (Wildman–Crippen LogP) is -1.49. The highest BCUT2D eigenvalue weighted by Gasteiger charge is 2.29. The first-order chi connectivity index (χ1) is 8.54. The highest BCUT2D eigenvalue weighted by atomic mass is 35.5. The van der Waals surface area contributed by atoms with E-state index in [1.165, 1.54) is 0 Å².